The molecule has 33 heavy (non-hydrogen) atoms. The molecule has 1 saturated heterocycles. The van der Waals surface area contributed by atoms with E-state index in [1.165, 1.54) is 12.0 Å². The van der Waals surface area contributed by atoms with Gasteiger partial charge in [-0.25, -0.2) is 4.90 Å². The van der Waals surface area contributed by atoms with Crippen molar-refractivity contribution < 1.29 is 23.9 Å². The van der Waals surface area contributed by atoms with Crippen molar-refractivity contribution >= 4 is 29.1 Å². The van der Waals surface area contributed by atoms with E-state index in [4.69, 9.17) is 9.47 Å². The molecule has 2 saturated carbocycles. The molecule has 2 aromatic carbocycles. The van der Waals surface area contributed by atoms with Gasteiger partial charge in [-0.2, -0.15) is 0 Å². The highest BCUT2D eigenvalue weighted by molar-refractivity contribution is 6.23. The lowest BCUT2D eigenvalue weighted by Crippen LogP contribution is -2.40. The van der Waals surface area contributed by atoms with Crippen LogP contribution in [0.25, 0.3) is 0 Å². The summed E-state index contributed by atoms with van der Waals surface area (Å²) in [7, 11) is 3.07. The van der Waals surface area contributed by atoms with Crippen molar-refractivity contribution in [1.29, 1.82) is 0 Å². The van der Waals surface area contributed by atoms with Crippen LogP contribution in [0.1, 0.15) is 16.8 Å². The minimum atomic E-state index is -0.361. The number of rotatable bonds is 5. The normalized spacial score (nSPS) is 30.7. The summed E-state index contributed by atoms with van der Waals surface area (Å²) in [6, 6.07) is 11.8. The van der Waals surface area contributed by atoms with E-state index in [2.05, 4.69) is 17.5 Å². The first-order valence-electron chi connectivity index (χ1n) is 11.2. The Morgan fingerprint density at radius 1 is 0.939 bits per heavy atom. The number of anilines is 2. The molecular formula is C26H24N2O5. The Labute approximate surface area is 191 Å². The molecule has 0 radical (unpaired) electrons. The van der Waals surface area contributed by atoms with E-state index in [0.29, 0.717) is 40.3 Å². The van der Waals surface area contributed by atoms with Crippen LogP contribution >= 0.6 is 0 Å². The highest BCUT2D eigenvalue weighted by Crippen LogP contribution is 2.65. The number of ether oxygens (including phenoxy) is 2. The number of carbonyl (C=O) groups is 3. The molecule has 0 unspecified atom stereocenters. The van der Waals surface area contributed by atoms with Crippen molar-refractivity contribution in [2.75, 3.05) is 24.4 Å². The van der Waals surface area contributed by atoms with Crippen LogP contribution in [0.5, 0.6) is 11.5 Å². The number of hydrogen-bond acceptors (Lipinski definition) is 5. The van der Waals surface area contributed by atoms with Crippen LogP contribution in [-0.4, -0.2) is 31.9 Å². The van der Waals surface area contributed by atoms with E-state index in [0.717, 1.165) is 6.42 Å². The Hall–Kier alpha value is -3.61. The third kappa shape index (κ3) is 2.91. The summed E-state index contributed by atoms with van der Waals surface area (Å²) in [5.41, 5.74) is 1.29. The summed E-state index contributed by atoms with van der Waals surface area (Å²) >= 11 is 0. The van der Waals surface area contributed by atoms with Gasteiger partial charge < -0.3 is 14.8 Å². The van der Waals surface area contributed by atoms with Gasteiger partial charge in [-0.15, -0.1) is 0 Å². The smallest absolute Gasteiger partial charge is 0.255 e. The molecular weight excluding hydrogens is 420 g/mol. The third-order valence-electron chi connectivity index (χ3n) is 7.69. The first kappa shape index (κ1) is 20.0. The fraction of sp³-hybridized carbons (Fsp3) is 0.346. The van der Waals surface area contributed by atoms with Gasteiger partial charge >= 0.3 is 0 Å². The lowest BCUT2D eigenvalue weighted by molar-refractivity contribution is -0.124. The number of carbonyl (C=O) groups excluding carboxylic acids is 3. The molecule has 7 heteroatoms. The zero-order valence-corrected chi connectivity index (χ0v) is 18.4. The number of nitrogens with zero attached hydrogens (tertiary/aromatic N) is 1. The van der Waals surface area contributed by atoms with Gasteiger partial charge in [0.05, 0.1) is 37.4 Å². The lowest BCUT2D eigenvalue weighted by atomic mass is 9.63. The first-order chi connectivity index (χ1) is 16.0. The summed E-state index contributed by atoms with van der Waals surface area (Å²) < 4.78 is 10.5. The molecule has 7 rings (SSSR count). The molecule has 7 nitrogen and oxygen atoms in total. The molecule has 168 valence electrons. The molecule has 0 aromatic heterocycles. The third-order valence-corrected chi connectivity index (χ3v) is 7.69. The SMILES string of the molecule is COc1ccc(NC(=O)c2cccc(N3C(=O)[C@H]4[C@@H]5C=C[C@H]([C@H]6C[C@H]56)[C@@H]4C3=O)c2)c(OC)c1. The second-order valence-electron chi connectivity index (χ2n) is 9.24. The number of nitrogens with one attached hydrogen (secondary N) is 1. The minimum Gasteiger partial charge on any atom is -0.497 e. The van der Waals surface area contributed by atoms with Crippen LogP contribution in [0.3, 0.4) is 0 Å². The van der Waals surface area contributed by atoms with E-state index in [1.807, 2.05) is 0 Å². The average Bonchev–Trinajstić information content (AvgIpc) is 3.62. The molecule has 1 heterocycles. The Balaban J connectivity index is 1.26. The summed E-state index contributed by atoms with van der Waals surface area (Å²) in [5, 5.41) is 2.84. The van der Waals surface area contributed by atoms with Gasteiger partial charge in [0.25, 0.3) is 5.91 Å². The van der Waals surface area contributed by atoms with Crippen molar-refractivity contribution in [2.24, 2.45) is 35.5 Å². The topological polar surface area (TPSA) is 84.9 Å². The molecule has 2 bridgehead atoms. The number of hydrogen-bond donors (Lipinski definition) is 1. The van der Waals surface area contributed by atoms with E-state index < -0.39 is 0 Å². The van der Waals surface area contributed by atoms with Gasteiger partial charge in [0.15, 0.2) is 0 Å². The Morgan fingerprint density at radius 2 is 1.64 bits per heavy atom. The van der Waals surface area contributed by atoms with Gasteiger partial charge in [0, 0.05) is 11.6 Å². The number of benzene rings is 2. The Kier molecular flexibility index (Phi) is 4.37. The predicted molar refractivity (Wildman–Crippen MR) is 121 cm³/mol. The summed E-state index contributed by atoms with van der Waals surface area (Å²) in [4.78, 5) is 41.0. The zero-order chi connectivity index (χ0) is 22.9. The van der Waals surface area contributed by atoms with Crippen LogP contribution in [0.15, 0.2) is 54.6 Å². The summed E-state index contributed by atoms with van der Waals surface area (Å²) in [6.45, 7) is 0. The number of imide groups is 1. The number of amides is 3. The van der Waals surface area contributed by atoms with E-state index in [9.17, 15) is 14.4 Å². The monoisotopic (exact) mass is 444 g/mol. The molecule has 1 aliphatic heterocycles. The fourth-order valence-electron chi connectivity index (χ4n) is 6.09. The van der Waals surface area contributed by atoms with Gasteiger partial charge in [0.2, 0.25) is 11.8 Å². The van der Waals surface area contributed by atoms with Crippen LogP contribution in [-0.2, 0) is 9.59 Å². The maximum atomic E-state index is 13.4. The standard InChI is InChI=1S/C26H24N2O5/c1-32-15-6-9-20(21(11-15)33-2)27-24(29)13-4-3-5-14(10-13)28-25(30)22-16-7-8-17(19-12-18(16)19)23(22)26(28)31/h3-11,16-19,22-23H,12H2,1-2H3,(H,27,29)/t16-,17-,18-,19-,22+,23+/m1/s1. The van der Waals surface area contributed by atoms with Crippen molar-refractivity contribution in [3.63, 3.8) is 0 Å². The van der Waals surface area contributed by atoms with Gasteiger partial charge in [-0.1, -0.05) is 18.2 Å². The second-order valence-corrected chi connectivity index (χ2v) is 9.24. The van der Waals surface area contributed by atoms with Gasteiger partial charge in [0.1, 0.15) is 11.5 Å². The molecule has 4 aliphatic carbocycles. The van der Waals surface area contributed by atoms with Crippen molar-refractivity contribution in [1.82, 2.24) is 0 Å². The van der Waals surface area contributed by atoms with Crippen molar-refractivity contribution in [3.8, 4) is 11.5 Å². The van der Waals surface area contributed by atoms with Gasteiger partial charge in [-0.3, -0.25) is 14.4 Å². The fourth-order valence-corrected chi connectivity index (χ4v) is 6.09. The molecule has 3 amide bonds. The molecule has 5 aliphatic rings. The highest BCUT2D eigenvalue weighted by atomic mass is 16.5. The van der Waals surface area contributed by atoms with Crippen LogP contribution in [0.4, 0.5) is 11.4 Å². The molecule has 6 atom stereocenters. The van der Waals surface area contributed by atoms with Crippen LogP contribution in [0.2, 0.25) is 0 Å². The quantitative estimate of drug-likeness (QED) is 0.564. The number of methoxy groups -OCH3 is 2. The predicted octanol–water partition coefficient (Wildman–Crippen LogP) is 3.51. The summed E-state index contributed by atoms with van der Waals surface area (Å²) in [6.07, 6.45) is 5.43. The first-order valence-corrected chi connectivity index (χ1v) is 11.2. The number of allylic oxidation sites excluding steroid dienone is 2. The van der Waals surface area contributed by atoms with Gasteiger partial charge in [-0.05, 0) is 60.4 Å². The summed E-state index contributed by atoms with van der Waals surface area (Å²) in [5.74, 6) is 1.35. The second kappa shape index (κ2) is 7.20. The van der Waals surface area contributed by atoms with E-state index >= 15 is 0 Å². The highest BCUT2D eigenvalue weighted by Gasteiger charge is 2.67. The largest absolute Gasteiger partial charge is 0.497 e. The maximum Gasteiger partial charge on any atom is 0.255 e. The molecule has 0 spiro atoms. The Morgan fingerprint density at radius 3 is 2.27 bits per heavy atom. The Bertz CT molecular complexity index is 1180. The van der Waals surface area contributed by atoms with Crippen molar-refractivity contribution in [3.05, 3.63) is 60.2 Å². The molecule has 2 aromatic rings. The molecule has 1 N–H and O–H groups in total. The van der Waals surface area contributed by atoms with E-state index in [-0.39, 0.29) is 41.4 Å². The van der Waals surface area contributed by atoms with Crippen LogP contribution < -0.4 is 19.7 Å². The average molecular weight is 444 g/mol. The minimum absolute atomic E-state index is 0.135. The lowest BCUT2D eigenvalue weighted by Gasteiger charge is -2.37. The van der Waals surface area contributed by atoms with Crippen molar-refractivity contribution in [2.45, 2.75) is 6.42 Å². The zero-order valence-electron chi connectivity index (χ0n) is 18.4. The maximum absolute atomic E-state index is 13.4. The van der Waals surface area contributed by atoms with Crippen LogP contribution in [0, 0.1) is 35.5 Å². The van der Waals surface area contributed by atoms with E-state index in [1.54, 1.807) is 49.6 Å². The molecule has 3 fully saturated rings.